The van der Waals surface area contributed by atoms with Gasteiger partial charge in [-0.3, -0.25) is 4.79 Å². The van der Waals surface area contributed by atoms with Crippen LogP contribution < -0.4 is 11.1 Å². The van der Waals surface area contributed by atoms with E-state index < -0.39 is 0 Å². The van der Waals surface area contributed by atoms with Crippen LogP contribution in [0.4, 0.5) is 5.82 Å². The first-order chi connectivity index (χ1) is 11.6. The SMILES string of the molecule is N#Cc1cnc(SCC(=O)NC2(c3ccccc3)CCC2)nc1N. The summed E-state index contributed by atoms with van der Waals surface area (Å²) in [4.78, 5) is 20.4. The summed E-state index contributed by atoms with van der Waals surface area (Å²) in [5.74, 6) is 0.283. The molecule has 0 atom stereocenters. The fraction of sp³-hybridized carbons (Fsp3) is 0.294. The van der Waals surface area contributed by atoms with Gasteiger partial charge in [-0.25, -0.2) is 9.97 Å². The zero-order valence-electron chi connectivity index (χ0n) is 13.0. The van der Waals surface area contributed by atoms with Gasteiger partial charge >= 0.3 is 0 Å². The minimum atomic E-state index is -0.247. The first-order valence-electron chi connectivity index (χ1n) is 7.65. The summed E-state index contributed by atoms with van der Waals surface area (Å²) in [6.45, 7) is 0. The van der Waals surface area contributed by atoms with E-state index in [0.717, 1.165) is 24.8 Å². The molecule has 6 nitrogen and oxygen atoms in total. The Kier molecular flexibility index (Phi) is 4.67. The number of thioether (sulfide) groups is 1. The zero-order valence-corrected chi connectivity index (χ0v) is 13.8. The average Bonchev–Trinajstić information content (AvgIpc) is 2.57. The van der Waals surface area contributed by atoms with Gasteiger partial charge in [-0.15, -0.1) is 0 Å². The lowest BCUT2D eigenvalue weighted by Gasteiger charge is -2.43. The normalized spacial score (nSPS) is 15.1. The van der Waals surface area contributed by atoms with Crippen LogP contribution in [0.25, 0.3) is 0 Å². The number of carbonyl (C=O) groups is 1. The van der Waals surface area contributed by atoms with E-state index in [2.05, 4.69) is 27.4 Å². The van der Waals surface area contributed by atoms with Gasteiger partial charge in [-0.1, -0.05) is 42.1 Å². The van der Waals surface area contributed by atoms with Gasteiger partial charge in [0.25, 0.3) is 0 Å². The van der Waals surface area contributed by atoms with Crippen LogP contribution in [0.5, 0.6) is 0 Å². The van der Waals surface area contributed by atoms with Gasteiger partial charge in [0.1, 0.15) is 17.5 Å². The number of benzene rings is 1. The van der Waals surface area contributed by atoms with Crippen LogP contribution >= 0.6 is 11.8 Å². The van der Waals surface area contributed by atoms with Crippen molar-refractivity contribution in [3.63, 3.8) is 0 Å². The number of nitriles is 1. The minimum absolute atomic E-state index is 0.0601. The van der Waals surface area contributed by atoms with E-state index >= 15 is 0 Å². The van der Waals surface area contributed by atoms with Crippen molar-refractivity contribution < 1.29 is 4.79 Å². The monoisotopic (exact) mass is 339 g/mol. The third kappa shape index (κ3) is 3.34. The van der Waals surface area contributed by atoms with Crippen LogP contribution in [0.15, 0.2) is 41.7 Å². The smallest absolute Gasteiger partial charge is 0.231 e. The van der Waals surface area contributed by atoms with Crippen molar-refractivity contribution in [2.45, 2.75) is 30.0 Å². The number of anilines is 1. The summed E-state index contributed by atoms with van der Waals surface area (Å²) in [6.07, 6.45) is 4.39. The molecule has 0 unspecified atom stereocenters. The Balaban J connectivity index is 1.61. The van der Waals surface area contributed by atoms with Gasteiger partial charge in [0.2, 0.25) is 5.91 Å². The van der Waals surface area contributed by atoms with Crippen molar-refractivity contribution in [1.29, 1.82) is 5.26 Å². The molecule has 1 heterocycles. The first-order valence-corrected chi connectivity index (χ1v) is 8.63. The Bertz CT molecular complexity index is 783. The number of hydrogen-bond acceptors (Lipinski definition) is 6. The van der Waals surface area contributed by atoms with Crippen molar-refractivity contribution in [2.24, 2.45) is 0 Å². The summed E-state index contributed by atoms with van der Waals surface area (Å²) in [5.41, 5.74) is 6.80. The van der Waals surface area contributed by atoms with E-state index in [9.17, 15) is 4.79 Å². The summed E-state index contributed by atoms with van der Waals surface area (Å²) in [5, 5.41) is 12.4. The highest BCUT2D eigenvalue weighted by Gasteiger charge is 2.39. The molecule has 0 radical (unpaired) electrons. The standard InChI is InChI=1S/C17H17N5OS/c18-9-12-10-20-16(21-15(12)19)24-11-14(23)22-17(7-4-8-17)13-5-2-1-3-6-13/h1-3,5-6,10H,4,7-8,11H2,(H,22,23)(H2,19,20,21). The molecule has 0 spiro atoms. The van der Waals surface area contributed by atoms with Crippen LogP contribution in [0.2, 0.25) is 0 Å². The van der Waals surface area contributed by atoms with Crippen molar-refractivity contribution in [3.8, 4) is 6.07 Å². The van der Waals surface area contributed by atoms with Crippen LogP contribution in [-0.2, 0) is 10.3 Å². The molecule has 1 saturated carbocycles. The molecular formula is C17H17N5OS. The van der Waals surface area contributed by atoms with E-state index in [1.807, 2.05) is 24.3 Å². The number of carbonyl (C=O) groups excluding carboxylic acids is 1. The largest absolute Gasteiger partial charge is 0.382 e. The van der Waals surface area contributed by atoms with Gasteiger partial charge in [0.15, 0.2) is 5.16 Å². The second kappa shape index (κ2) is 6.89. The summed E-state index contributed by atoms with van der Waals surface area (Å²) < 4.78 is 0. The lowest BCUT2D eigenvalue weighted by molar-refractivity contribution is -0.121. The molecule has 1 aromatic heterocycles. The molecule has 0 bridgehead atoms. The van der Waals surface area contributed by atoms with Gasteiger partial charge in [-0.05, 0) is 24.8 Å². The van der Waals surface area contributed by atoms with Crippen molar-refractivity contribution in [1.82, 2.24) is 15.3 Å². The molecule has 24 heavy (non-hydrogen) atoms. The number of aromatic nitrogens is 2. The lowest BCUT2D eigenvalue weighted by Crippen LogP contribution is -2.51. The maximum absolute atomic E-state index is 12.3. The van der Waals surface area contributed by atoms with Crippen molar-refractivity contribution in [3.05, 3.63) is 47.7 Å². The third-order valence-corrected chi connectivity index (χ3v) is 5.02. The molecule has 0 saturated heterocycles. The molecular weight excluding hydrogens is 322 g/mol. The summed E-state index contributed by atoms with van der Waals surface area (Å²) >= 11 is 1.21. The van der Waals surface area contributed by atoms with Gasteiger partial charge in [0.05, 0.1) is 17.5 Å². The summed E-state index contributed by atoms with van der Waals surface area (Å²) in [6, 6.07) is 12.0. The van der Waals surface area contributed by atoms with Crippen molar-refractivity contribution in [2.75, 3.05) is 11.5 Å². The Morgan fingerprint density at radius 3 is 2.71 bits per heavy atom. The van der Waals surface area contributed by atoms with Crippen LogP contribution in [0.3, 0.4) is 0 Å². The minimum Gasteiger partial charge on any atom is -0.382 e. The molecule has 0 aliphatic heterocycles. The predicted octanol–water partition coefficient (Wildman–Crippen LogP) is 2.22. The highest BCUT2D eigenvalue weighted by molar-refractivity contribution is 7.99. The molecule has 3 rings (SSSR count). The number of nitrogen functional groups attached to an aromatic ring is 1. The Morgan fingerprint density at radius 2 is 2.12 bits per heavy atom. The van der Waals surface area contributed by atoms with Crippen molar-refractivity contribution >= 4 is 23.5 Å². The third-order valence-electron chi connectivity index (χ3n) is 4.16. The van der Waals surface area contributed by atoms with Gasteiger partial charge in [0, 0.05) is 0 Å². The van der Waals surface area contributed by atoms with E-state index in [4.69, 9.17) is 11.0 Å². The fourth-order valence-corrected chi connectivity index (χ4v) is 3.36. The topological polar surface area (TPSA) is 105 Å². The van der Waals surface area contributed by atoms with Crippen LogP contribution in [0.1, 0.15) is 30.4 Å². The number of nitrogens with two attached hydrogens (primary N) is 1. The van der Waals surface area contributed by atoms with E-state index in [1.165, 1.54) is 18.0 Å². The quantitative estimate of drug-likeness (QED) is 0.639. The zero-order chi connectivity index (χ0) is 17.0. The molecule has 1 aromatic carbocycles. The second-order valence-corrected chi connectivity index (χ2v) is 6.64. The Hall–Kier alpha value is -2.59. The molecule has 1 aliphatic rings. The van der Waals surface area contributed by atoms with E-state index in [1.54, 1.807) is 0 Å². The fourth-order valence-electron chi connectivity index (χ4n) is 2.74. The molecule has 1 aliphatic carbocycles. The number of amides is 1. The maximum Gasteiger partial charge on any atom is 0.231 e. The molecule has 1 amide bonds. The average molecular weight is 339 g/mol. The molecule has 1 fully saturated rings. The molecule has 2 aromatic rings. The van der Waals surface area contributed by atoms with E-state index in [-0.39, 0.29) is 28.6 Å². The molecule has 3 N–H and O–H groups in total. The Labute approximate surface area is 144 Å². The van der Waals surface area contributed by atoms with Crippen LogP contribution in [0, 0.1) is 11.3 Å². The van der Waals surface area contributed by atoms with Gasteiger partial charge < -0.3 is 11.1 Å². The van der Waals surface area contributed by atoms with E-state index in [0.29, 0.717) is 5.16 Å². The molecule has 7 heteroatoms. The second-order valence-electron chi connectivity index (χ2n) is 5.70. The number of hydrogen-bond donors (Lipinski definition) is 2. The number of nitrogens with one attached hydrogen (secondary N) is 1. The maximum atomic E-state index is 12.3. The predicted molar refractivity (Wildman–Crippen MR) is 92.0 cm³/mol. The number of nitrogens with zero attached hydrogens (tertiary/aromatic N) is 3. The lowest BCUT2D eigenvalue weighted by atomic mass is 9.72. The summed E-state index contributed by atoms with van der Waals surface area (Å²) in [7, 11) is 0. The highest BCUT2D eigenvalue weighted by atomic mass is 32.2. The van der Waals surface area contributed by atoms with Crippen LogP contribution in [-0.4, -0.2) is 21.6 Å². The Morgan fingerprint density at radius 1 is 1.38 bits per heavy atom. The number of rotatable bonds is 5. The molecule has 122 valence electrons. The highest BCUT2D eigenvalue weighted by Crippen LogP contribution is 2.41. The first kappa shape index (κ1) is 16.3. The van der Waals surface area contributed by atoms with Gasteiger partial charge in [-0.2, -0.15) is 5.26 Å².